The number of nitrogens with one attached hydrogen (secondary N) is 1. The quantitative estimate of drug-likeness (QED) is 0.783. The number of hydrogen-bond donors (Lipinski definition) is 2. The average molecular weight is 249 g/mol. The minimum Gasteiger partial charge on any atom is -0.481 e. The Labute approximate surface area is 104 Å². The van der Waals surface area contributed by atoms with Gasteiger partial charge in [0.25, 0.3) is 0 Å². The van der Waals surface area contributed by atoms with E-state index in [9.17, 15) is 9.59 Å². The molecule has 2 N–H and O–H groups in total. The van der Waals surface area contributed by atoms with Gasteiger partial charge in [0.15, 0.2) is 5.82 Å². The fraction of sp³-hybridized carbons (Fsp3) is 0.417. The molecule has 18 heavy (non-hydrogen) atoms. The van der Waals surface area contributed by atoms with Crippen LogP contribution in [0, 0.1) is 11.8 Å². The van der Waals surface area contributed by atoms with E-state index in [-0.39, 0.29) is 5.91 Å². The average Bonchev–Trinajstić information content (AvgIpc) is 2.74. The maximum absolute atomic E-state index is 12.0. The van der Waals surface area contributed by atoms with Gasteiger partial charge < -0.3 is 10.4 Å². The standard InChI is InChI=1S/C12H15N3O3/c1-15-7-6-10(14-15)13-11(16)8-4-2-3-5-9(8)12(17)18/h2-3,6-9H,4-5H2,1H3,(H,17,18)(H,13,14,16)/t8-,9+/m0/s1. The molecule has 1 aromatic heterocycles. The molecule has 6 heteroatoms. The van der Waals surface area contributed by atoms with Crippen LogP contribution in [0.5, 0.6) is 0 Å². The van der Waals surface area contributed by atoms with Crippen LogP contribution in [0.2, 0.25) is 0 Å². The topological polar surface area (TPSA) is 84.2 Å². The van der Waals surface area contributed by atoms with Gasteiger partial charge in [0.1, 0.15) is 0 Å². The van der Waals surface area contributed by atoms with Crippen LogP contribution in [-0.2, 0) is 16.6 Å². The first-order chi connectivity index (χ1) is 8.58. The Kier molecular flexibility index (Phi) is 3.45. The van der Waals surface area contributed by atoms with Crippen molar-refractivity contribution >= 4 is 17.7 Å². The molecule has 0 saturated heterocycles. The largest absolute Gasteiger partial charge is 0.481 e. The summed E-state index contributed by atoms with van der Waals surface area (Å²) in [4.78, 5) is 23.1. The lowest BCUT2D eigenvalue weighted by Crippen LogP contribution is -2.34. The van der Waals surface area contributed by atoms with Gasteiger partial charge in [-0.05, 0) is 12.8 Å². The molecule has 96 valence electrons. The molecule has 1 aromatic rings. The molecule has 1 aliphatic carbocycles. The number of aliphatic carboxylic acids is 1. The van der Waals surface area contributed by atoms with Crippen molar-refractivity contribution in [2.75, 3.05) is 5.32 Å². The molecule has 0 fully saturated rings. The lowest BCUT2D eigenvalue weighted by Gasteiger charge is -2.23. The third kappa shape index (κ3) is 2.58. The van der Waals surface area contributed by atoms with Crippen LogP contribution in [0.4, 0.5) is 5.82 Å². The number of amides is 1. The molecule has 0 bridgehead atoms. The van der Waals surface area contributed by atoms with Crippen LogP contribution < -0.4 is 5.32 Å². The minimum atomic E-state index is -0.930. The van der Waals surface area contributed by atoms with E-state index >= 15 is 0 Å². The van der Waals surface area contributed by atoms with Crippen LogP contribution >= 0.6 is 0 Å². The number of rotatable bonds is 3. The van der Waals surface area contributed by atoms with Gasteiger partial charge in [-0.25, -0.2) is 0 Å². The van der Waals surface area contributed by atoms with Crippen molar-refractivity contribution in [1.29, 1.82) is 0 Å². The number of anilines is 1. The van der Waals surface area contributed by atoms with Crippen LogP contribution in [0.1, 0.15) is 12.8 Å². The number of aromatic nitrogens is 2. The molecule has 0 aliphatic heterocycles. The van der Waals surface area contributed by atoms with Gasteiger partial charge in [0, 0.05) is 19.3 Å². The maximum Gasteiger partial charge on any atom is 0.307 e. The SMILES string of the molecule is Cn1ccc(NC(=O)[C@H]2CC=CC[C@H]2C(=O)O)n1. The van der Waals surface area contributed by atoms with Crippen molar-refractivity contribution in [2.24, 2.45) is 18.9 Å². The van der Waals surface area contributed by atoms with E-state index in [1.165, 1.54) is 0 Å². The number of hydrogen-bond acceptors (Lipinski definition) is 3. The zero-order valence-corrected chi connectivity index (χ0v) is 10.0. The number of aryl methyl sites for hydroxylation is 1. The molecule has 0 radical (unpaired) electrons. The van der Waals surface area contributed by atoms with Gasteiger partial charge in [-0.15, -0.1) is 0 Å². The summed E-state index contributed by atoms with van der Waals surface area (Å²) in [5.41, 5.74) is 0. The molecule has 2 rings (SSSR count). The van der Waals surface area contributed by atoms with E-state index in [4.69, 9.17) is 5.11 Å². The summed E-state index contributed by atoms with van der Waals surface area (Å²) in [5.74, 6) is -1.96. The van der Waals surface area contributed by atoms with Crippen molar-refractivity contribution in [2.45, 2.75) is 12.8 Å². The molecule has 0 unspecified atom stereocenters. The monoisotopic (exact) mass is 249 g/mol. The minimum absolute atomic E-state index is 0.287. The number of carboxylic acid groups (broad SMARTS) is 1. The van der Waals surface area contributed by atoms with Gasteiger partial charge in [0.2, 0.25) is 5.91 Å². The second-order valence-corrected chi connectivity index (χ2v) is 4.36. The molecule has 1 aliphatic rings. The summed E-state index contributed by atoms with van der Waals surface area (Å²) < 4.78 is 1.57. The highest BCUT2D eigenvalue weighted by atomic mass is 16.4. The van der Waals surface area contributed by atoms with Gasteiger partial charge >= 0.3 is 5.97 Å². The Morgan fingerprint density at radius 2 is 2.06 bits per heavy atom. The van der Waals surface area contributed by atoms with Gasteiger partial charge in [0.05, 0.1) is 11.8 Å². The zero-order chi connectivity index (χ0) is 13.1. The van der Waals surface area contributed by atoms with Crippen molar-refractivity contribution in [3.8, 4) is 0 Å². The predicted octanol–water partition coefficient (Wildman–Crippen LogP) is 1.03. The summed E-state index contributed by atoms with van der Waals surface area (Å²) in [6, 6.07) is 1.67. The first kappa shape index (κ1) is 12.3. The van der Waals surface area contributed by atoms with E-state index in [0.29, 0.717) is 18.7 Å². The lowest BCUT2D eigenvalue weighted by atomic mass is 9.82. The summed E-state index contributed by atoms with van der Waals surface area (Å²) >= 11 is 0. The number of carboxylic acids is 1. The van der Waals surface area contributed by atoms with E-state index < -0.39 is 17.8 Å². The van der Waals surface area contributed by atoms with Crippen molar-refractivity contribution in [1.82, 2.24) is 9.78 Å². The fourth-order valence-electron chi connectivity index (χ4n) is 2.08. The first-order valence-corrected chi connectivity index (χ1v) is 5.76. The number of allylic oxidation sites excluding steroid dienone is 2. The molecule has 1 heterocycles. The molecule has 1 amide bonds. The molecule has 0 aromatic carbocycles. The zero-order valence-electron chi connectivity index (χ0n) is 10.0. The van der Waals surface area contributed by atoms with E-state index in [2.05, 4.69) is 10.4 Å². The highest BCUT2D eigenvalue weighted by Gasteiger charge is 2.34. The Hall–Kier alpha value is -2.11. The normalized spacial score (nSPS) is 22.7. The number of carbonyl (C=O) groups excluding carboxylic acids is 1. The van der Waals surface area contributed by atoms with Gasteiger partial charge in [-0.2, -0.15) is 5.10 Å². The molecule has 0 spiro atoms. The van der Waals surface area contributed by atoms with Crippen molar-refractivity contribution < 1.29 is 14.7 Å². The van der Waals surface area contributed by atoms with E-state index in [0.717, 1.165) is 0 Å². The highest BCUT2D eigenvalue weighted by Crippen LogP contribution is 2.26. The highest BCUT2D eigenvalue weighted by molar-refractivity contribution is 5.94. The molecule has 0 saturated carbocycles. The first-order valence-electron chi connectivity index (χ1n) is 5.76. The molecular formula is C12H15N3O3. The summed E-state index contributed by atoms with van der Waals surface area (Å²) in [6.07, 6.45) is 6.22. The number of carbonyl (C=O) groups is 2. The van der Waals surface area contributed by atoms with E-state index in [1.807, 2.05) is 12.2 Å². The molecular weight excluding hydrogens is 234 g/mol. The third-order valence-corrected chi connectivity index (χ3v) is 3.05. The summed E-state index contributed by atoms with van der Waals surface area (Å²) in [6.45, 7) is 0. The Bertz CT molecular complexity index is 493. The van der Waals surface area contributed by atoms with Crippen LogP contribution in [0.15, 0.2) is 24.4 Å². The van der Waals surface area contributed by atoms with Crippen molar-refractivity contribution in [3.05, 3.63) is 24.4 Å². The van der Waals surface area contributed by atoms with Gasteiger partial charge in [-0.1, -0.05) is 12.2 Å². The maximum atomic E-state index is 12.0. The van der Waals surface area contributed by atoms with Gasteiger partial charge in [-0.3, -0.25) is 14.3 Å². The van der Waals surface area contributed by atoms with Crippen LogP contribution in [0.25, 0.3) is 0 Å². The third-order valence-electron chi connectivity index (χ3n) is 3.05. The summed E-state index contributed by atoms with van der Waals surface area (Å²) in [5, 5.41) is 15.8. The van der Waals surface area contributed by atoms with Crippen LogP contribution in [0.3, 0.4) is 0 Å². The second-order valence-electron chi connectivity index (χ2n) is 4.36. The fourth-order valence-corrected chi connectivity index (χ4v) is 2.08. The Balaban J connectivity index is 2.07. The molecule has 2 atom stereocenters. The second kappa shape index (κ2) is 5.03. The smallest absolute Gasteiger partial charge is 0.307 e. The van der Waals surface area contributed by atoms with Crippen molar-refractivity contribution in [3.63, 3.8) is 0 Å². The van der Waals surface area contributed by atoms with E-state index in [1.54, 1.807) is 24.0 Å². The lowest BCUT2D eigenvalue weighted by molar-refractivity contribution is -0.146. The van der Waals surface area contributed by atoms with Crippen LogP contribution in [-0.4, -0.2) is 26.8 Å². The Morgan fingerprint density at radius 3 is 2.61 bits per heavy atom. The summed E-state index contributed by atoms with van der Waals surface area (Å²) in [7, 11) is 1.75. The number of nitrogens with zero attached hydrogens (tertiary/aromatic N) is 2. The molecule has 6 nitrogen and oxygen atoms in total. The predicted molar refractivity (Wildman–Crippen MR) is 64.8 cm³/mol. The Morgan fingerprint density at radius 1 is 1.39 bits per heavy atom.